The van der Waals surface area contributed by atoms with Gasteiger partial charge in [-0.2, -0.15) is 15.0 Å². The molecular weight excluding hydrogens is 486 g/mol. The monoisotopic (exact) mass is 511 g/mol. The molecule has 2 aliphatic rings. The number of hydrogen-bond donors (Lipinski definition) is 1. The maximum absolute atomic E-state index is 12.8. The standard InChI is InChI=1S/C24H26ClN7O4/c1-13(2)19-24(10-35-11-24)36-23(34)32(19)22-29-15(4)28-21(30-22)27-14(3)18-9-31(12-26-18)20(33)16-5-7-17(25)8-6-16/h5-9,12-14,19H,10-11H2,1-4H3,(H,27,28,29,30)/t14-,19?/m0/s1. The Morgan fingerprint density at radius 1 is 1.17 bits per heavy atom. The van der Waals surface area contributed by atoms with Crippen LogP contribution in [0.2, 0.25) is 5.02 Å². The SMILES string of the molecule is Cc1nc(N[C@@H](C)c2cn(C(=O)c3ccc(Cl)cc3)cn2)nc(N2C(=O)OC3(COC3)C2C(C)C)n1. The number of nitrogens with zero attached hydrogens (tertiary/aromatic N) is 6. The van der Waals surface area contributed by atoms with E-state index in [4.69, 9.17) is 21.1 Å². The van der Waals surface area contributed by atoms with Gasteiger partial charge < -0.3 is 14.8 Å². The Kier molecular flexibility index (Phi) is 6.13. The zero-order chi connectivity index (χ0) is 25.6. The Morgan fingerprint density at radius 3 is 2.53 bits per heavy atom. The molecule has 2 saturated heterocycles. The smallest absolute Gasteiger partial charge is 0.417 e. The molecule has 12 heteroatoms. The van der Waals surface area contributed by atoms with Gasteiger partial charge in [-0.3, -0.25) is 9.36 Å². The first-order chi connectivity index (χ1) is 17.2. The van der Waals surface area contributed by atoms with Gasteiger partial charge in [0.1, 0.15) is 12.2 Å². The van der Waals surface area contributed by atoms with Crippen molar-refractivity contribution in [3.8, 4) is 0 Å². The summed E-state index contributed by atoms with van der Waals surface area (Å²) in [5, 5.41) is 3.76. The van der Waals surface area contributed by atoms with Crippen LogP contribution >= 0.6 is 11.6 Å². The quantitative estimate of drug-likeness (QED) is 0.528. The summed E-state index contributed by atoms with van der Waals surface area (Å²) in [7, 11) is 0. The van der Waals surface area contributed by atoms with Crippen molar-refractivity contribution in [1.29, 1.82) is 0 Å². The fourth-order valence-electron chi connectivity index (χ4n) is 4.60. The summed E-state index contributed by atoms with van der Waals surface area (Å²) < 4.78 is 12.5. The second-order valence-electron chi connectivity index (χ2n) is 9.37. The van der Waals surface area contributed by atoms with Gasteiger partial charge in [-0.1, -0.05) is 25.4 Å². The lowest BCUT2D eigenvalue weighted by Crippen LogP contribution is -2.61. The second-order valence-corrected chi connectivity index (χ2v) is 9.81. The molecule has 36 heavy (non-hydrogen) atoms. The molecule has 2 fully saturated rings. The predicted octanol–water partition coefficient (Wildman–Crippen LogP) is 3.64. The molecule has 2 aliphatic heterocycles. The zero-order valence-electron chi connectivity index (χ0n) is 20.3. The Morgan fingerprint density at radius 2 is 1.89 bits per heavy atom. The Balaban J connectivity index is 1.36. The Hall–Kier alpha value is -3.57. The van der Waals surface area contributed by atoms with E-state index in [-0.39, 0.29) is 35.8 Å². The number of ether oxygens (including phenoxy) is 2. The van der Waals surface area contributed by atoms with Crippen molar-refractivity contribution in [2.75, 3.05) is 23.4 Å². The molecule has 11 nitrogen and oxygen atoms in total. The number of benzene rings is 1. The molecule has 2 atom stereocenters. The molecule has 1 amide bonds. The summed E-state index contributed by atoms with van der Waals surface area (Å²) in [5.41, 5.74) is 0.424. The van der Waals surface area contributed by atoms with Crippen LogP contribution in [-0.2, 0) is 9.47 Å². The zero-order valence-corrected chi connectivity index (χ0v) is 21.1. The van der Waals surface area contributed by atoms with Crippen LogP contribution in [-0.4, -0.2) is 61.4 Å². The van der Waals surface area contributed by atoms with Gasteiger partial charge in [-0.15, -0.1) is 0 Å². The summed E-state index contributed by atoms with van der Waals surface area (Å²) in [6.07, 6.45) is 2.61. The molecule has 0 saturated carbocycles. The van der Waals surface area contributed by atoms with E-state index in [0.717, 1.165) is 0 Å². The number of anilines is 2. The van der Waals surface area contributed by atoms with E-state index in [1.807, 2.05) is 20.8 Å². The largest absolute Gasteiger partial charge is 0.435 e. The fourth-order valence-corrected chi connectivity index (χ4v) is 4.72. The normalized spacial score (nSPS) is 19.3. The lowest BCUT2D eigenvalue weighted by molar-refractivity contribution is -0.174. The van der Waals surface area contributed by atoms with E-state index >= 15 is 0 Å². The molecule has 0 aliphatic carbocycles. The molecule has 1 aromatic carbocycles. The van der Waals surface area contributed by atoms with Crippen molar-refractivity contribution in [3.63, 3.8) is 0 Å². The van der Waals surface area contributed by atoms with Crippen LogP contribution in [0.4, 0.5) is 16.7 Å². The van der Waals surface area contributed by atoms with Crippen LogP contribution in [0.5, 0.6) is 0 Å². The third-order valence-electron chi connectivity index (χ3n) is 6.30. The van der Waals surface area contributed by atoms with Gasteiger partial charge in [-0.05, 0) is 44.0 Å². The van der Waals surface area contributed by atoms with E-state index in [1.165, 1.54) is 15.8 Å². The van der Waals surface area contributed by atoms with Crippen molar-refractivity contribution >= 4 is 35.5 Å². The summed E-state index contributed by atoms with van der Waals surface area (Å²) in [4.78, 5) is 44.8. The van der Waals surface area contributed by atoms with Crippen LogP contribution in [0.15, 0.2) is 36.8 Å². The van der Waals surface area contributed by atoms with Crippen LogP contribution in [0, 0.1) is 12.8 Å². The highest BCUT2D eigenvalue weighted by molar-refractivity contribution is 6.30. The number of carbonyl (C=O) groups is 2. The van der Waals surface area contributed by atoms with Gasteiger partial charge in [-0.25, -0.2) is 14.7 Å². The van der Waals surface area contributed by atoms with Gasteiger partial charge in [0.2, 0.25) is 11.9 Å². The second kappa shape index (κ2) is 9.14. The highest BCUT2D eigenvalue weighted by Crippen LogP contribution is 2.41. The molecule has 0 radical (unpaired) electrons. The number of rotatable bonds is 6. The van der Waals surface area contributed by atoms with E-state index in [9.17, 15) is 9.59 Å². The van der Waals surface area contributed by atoms with Gasteiger partial charge in [0, 0.05) is 16.8 Å². The van der Waals surface area contributed by atoms with Crippen molar-refractivity contribution in [3.05, 3.63) is 58.9 Å². The van der Waals surface area contributed by atoms with Crippen molar-refractivity contribution in [1.82, 2.24) is 24.5 Å². The number of hydrogen-bond acceptors (Lipinski definition) is 9. The first-order valence-electron chi connectivity index (χ1n) is 11.6. The Labute approximate surface area is 212 Å². The number of aromatic nitrogens is 5. The molecule has 1 N–H and O–H groups in total. The number of aryl methyl sites for hydroxylation is 1. The summed E-state index contributed by atoms with van der Waals surface area (Å²) >= 11 is 5.92. The first-order valence-corrected chi connectivity index (χ1v) is 12.0. The molecule has 188 valence electrons. The minimum absolute atomic E-state index is 0.0925. The third-order valence-corrected chi connectivity index (χ3v) is 6.55. The number of halogens is 1. The van der Waals surface area contributed by atoms with Gasteiger partial charge in [0.25, 0.3) is 5.91 Å². The molecule has 2 aromatic heterocycles. The lowest BCUT2D eigenvalue weighted by atomic mass is 9.84. The van der Waals surface area contributed by atoms with Crippen LogP contribution < -0.4 is 10.2 Å². The van der Waals surface area contributed by atoms with Crippen LogP contribution in [0.25, 0.3) is 0 Å². The van der Waals surface area contributed by atoms with E-state index in [2.05, 4.69) is 25.3 Å². The van der Waals surface area contributed by atoms with Crippen molar-refractivity contribution in [2.24, 2.45) is 5.92 Å². The molecule has 1 unspecified atom stereocenters. The average Bonchev–Trinajstić information content (AvgIpc) is 3.42. The molecule has 3 aromatic rings. The number of imidazole rings is 1. The topological polar surface area (TPSA) is 124 Å². The maximum Gasteiger partial charge on any atom is 0.417 e. The van der Waals surface area contributed by atoms with E-state index < -0.39 is 11.7 Å². The molecule has 5 rings (SSSR count). The van der Waals surface area contributed by atoms with Gasteiger partial charge in [0.05, 0.1) is 31.0 Å². The maximum atomic E-state index is 12.8. The summed E-state index contributed by atoms with van der Waals surface area (Å²) in [5.74, 6) is 0.809. The summed E-state index contributed by atoms with van der Waals surface area (Å²) in [6, 6.07) is 6.05. The summed E-state index contributed by atoms with van der Waals surface area (Å²) in [6.45, 7) is 8.35. The van der Waals surface area contributed by atoms with E-state index in [0.29, 0.717) is 35.3 Å². The predicted molar refractivity (Wildman–Crippen MR) is 131 cm³/mol. The number of nitrogens with one attached hydrogen (secondary N) is 1. The lowest BCUT2D eigenvalue weighted by Gasteiger charge is -2.42. The molecular formula is C24H26ClN7O4. The fraction of sp³-hybridized carbons (Fsp3) is 0.417. The van der Waals surface area contributed by atoms with Crippen LogP contribution in [0.1, 0.15) is 48.7 Å². The van der Waals surface area contributed by atoms with Gasteiger partial charge in [0.15, 0.2) is 5.60 Å². The molecule has 0 bridgehead atoms. The van der Waals surface area contributed by atoms with Crippen molar-refractivity contribution < 1.29 is 19.1 Å². The number of carbonyl (C=O) groups excluding carboxylic acids is 2. The van der Waals surface area contributed by atoms with Crippen molar-refractivity contribution in [2.45, 2.75) is 45.4 Å². The van der Waals surface area contributed by atoms with E-state index in [1.54, 1.807) is 37.4 Å². The van der Waals surface area contributed by atoms with Crippen LogP contribution in [0.3, 0.4) is 0 Å². The highest BCUT2D eigenvalue weighted by Gasteiger charge is 2.61. The van der Waals surface area contributed by atoms with Gasteiger partial charge >= 0.3 is 6.09 Å². The average molecular weight is 512 g/mol. The molecule has 1 spiro atoms. The highest BCUT2D eigenvalue weighted by atomic mass is 35.5. The molecule has 4 heterocycles. The minimum Gasteiger partial charge on any atom is -0.435 e. The minimum atomic E-state index is -0.684. The number of amides is 1. The third kappa shape index (κ3) is 4.28. The Bertz CT molecular complexity index is 1310. The first kappa shape index (κ1) is 24.1.